The van der Waals surface area contributed by atoms with E-state index in [4.69, 9.17) is 32.4 Å². The predicted molar refractivity (Wildman–Crippen MR) is 141 cm³/mol. The molecule has 4 nitrogen and oxygen atoms in total. The minimum absolute atomic E-state index is 0.213. The number of hydrogen-bond donors (Lipinski definition) is 1. The number of hydrogen-bond acceptors (Lipinski definition) is 3. The number of rotatable bonds is 6. The molecule has 0 saturated heterocycles. The van der Waals surface area contributed by atoms with Crippen molar-refractivity contribution >= 4 is 51.3 Å². The molecule has 0 bridgehead atoms. The minimum atomic E-state index is -0.213. The molecule has 0 saturated carbocycles. The van der Waals surface area contributed by atoms with Gasteiger partial charge in [0.05, 0.1) is 18.4 Å². The third kappa shape index (κ3) is 4.70. The van der Waals surface area contributed by atoms with Crippen LogP contribution in [0.3, 0.4) is 0 Å². The lowest BCUT2D eigenvalue weighted by atomic mass is 9.96. The molecule has 4 rings (SSSR count). The summed E-state index contributed by atoms with van der Waals surface area (Å²) in [4.78, 5) is 12.7. The number of amides is 1. The number of halogens is 2. The van der Waals surface area contributed by atoms with Crippen molar-refractivity contribution in [2.75, 3.05) is 12.4 Å². The van der Waals surface area contributed by atoms with Crippen molar-refractivity contribution in [3.63, 3.8) is 0 Å². The normalized spacial score (nSPS) is 11.6. The smallest absolute Gasteiger partial charge is 0.248 e. The first-order valence-electron chi connectivity index (χ1n) is 10.9. The lowest BCUT2D eigenvalue weighted by molar-refractivity contribution is -0.111. The van der Waals surface area contributed by atoms with Gasteiger partial charge in [-0.15, -0.1) is 0 Å². The molecule has 34 heavy (non-hydrogen) atoms. The number of furan rings is 1. The molecule has 0 aliphatic heterocycles. The monoisotopic (exact) mass is 493 g/mol. The Hall–Kier alpha value is -3.21. The molecular weight excluding hydrogens is 469 g/mol. The highest BCUT2D eigenvalue weighted by atomic mass is 35.5. The molecule has 0 atom stereocenters. The SMILES string of the molecule is CCc1ccc(NC(=O)/C=C(\C)c2cc3c(-c4ccc(Cl)cc4Cl)coc3c(C)c2OC)cc1. The van der Waals surface area contributed by atoms with Gasteiger partial charge in [0.1, 0.15) is 11.3 Å². The molecule has 0 fully saturated rings. The standard InChI is InChI=1S/C28H25Cl2NO3/c1-5-18-6-9-20(10-7-18)31-26(32)12-16(2)22-14-23-24(21-11-8-19(29)13-25(21)30)15-34-28(23)17(3)27(22)33-4/h6-15H,5H2,1-4H3,(H,31,32)/b16-12+. The highest BCUT2D eigenvalue weighted by Crippen LogP contribution is 2.42. The molecule has 4 aromatic rings. The van der Waals surface area contributed by atoms with Crippen molar-refractivity contribution in [3.05, 3.63) is 87.6 Å². The molecule has 1 amide bonds. The summed E-state index contributed by atoms with van der Waals surface area (Å²) < 4.78 is 11.6. The van der Waals surface area contributed by atoms with Gasteiger partial charge in [-0.25, -0.2) is 0 Å². The number of allylic oxidation sites excluding steroid dienone is 1. The fourth-order valence-corrected chi connectivity index (χ4v) is 4.58. The molecule has 6 heteroatoms. The van der Waals surface area contributed by atoms with Crippen LogP contribution in [0.15, 0.2) is 65.3 Å². The van der Waals surface area contributed by atoms with Gasteiger partial charge in [-0.3, -0.25) is 4.79 Å². The maximum absolute atomic E-state index is 12.7. The van der Waals surface area contributed by atoms with Crippen molar-refractivity contribution in [2.45, 2.75) is 27.2 Å². The summed E-state index contributed by atoms with van der Waals surface area (Å²) >= 11 is 12.6. The van der Waals surface area contributed by atoms with Crippen LogP contribution in [0.4, 0.5) is 5.69 Å². The van der Waals surface area contributed by atoms with E-state index in [1.165, 1.54) is 5.56 Å². The molecule has 1 heterocycles. The van der Waals surface area contributed by atoms with Crippen molar-refractivity contribution < 1.29 is 13.9 Å². The Morgan fingerprint density at radius 1 is 1.09 bits per heavy atom. The maximum Gasteiger partial charge on any atom is 0.248 e. The Morgan fingerprint density at radius 3 is 2.47 bits per heavy atom. The van der Waals surface area contributed by atoms with Crippen molar-refractivity contribution in [3.8, 4) is 16.9 Å². The molecule has 0 aliphatic rings. The zero-order valence-corrected chi connectivity index (χ0v) is 21.0. The Kier molecular flexibility index (Phi) is 7.01. The van der Waals surface area contributed by atoms with E-state index in [1.54, 1.807) is 31.6 Å². The van der Waals surface area contributed by atoms with Crippen LogP contribution in [0, 0.1) is 6.92 Å². The quantitative estimate of drug-likeness (QED) is 0.274. The molecule has 0 spiro atoms. The first kappa shape index (κ1) is 23.9. The average molecular weight is 494 g/mol. The topological polar surface area (TPSA) is 51.5 Å². The number of benzene rings is 3. The van der Waals surface area contributed by atoms with Crippen molar-refractivity contribution in [1.82, 2.24) is 0 Å². The Bertz CT molecular complexity index is 1400. The summed E-state index contributed by atoms with van der Waals surface area (Å²) in [5, 5.41) is 4.90. The fraction of sp³-hybridized carbons (Fsp3) is 0.179. The van der Waals surface area contributed by atoms with Gasteiger partial charge >= 0.3 is 0 Å². The summed E-state index contributed by atoms with van der Waals surface area (Å²) in [6.07, 6.45) is 4.21. The fourth-order valence-electron chi connectivity index (χ4n) is 4.06. The highest BCUT2D eigenvalue weighted by Gasteiger charge is 2.20. The number of carbonyl (C=O) groups excluding carboxylic acids is 1. The van der Waals surface area contributed by atoms with Gasteiger partial charge in [-0.05, 0) is 61.7 Å². The lowest BCUT2D eigenvalue weighted by Crippen LogP contribution is -2.08. The van der Waals surface area contributed by atoms with Crippen LogP contribution >= 0.6 is 23.2 Å². The number of anilines is 1. The van der Waals surface area contributed by atoms with Crippen LogP contribution in [0.1, 0.15) is 30.5 Å². The number of ether oxygens (including phenoxy) is 1. The van der Waals surface area contributed by atoms with Gasteiger partial charge in [0.2, 0.25) is 5.91 Å². The number of aryl methyl sites for hydroxylation is 2. The number of fused-ring (bicyclic) bond motifs is 1. The molecule has 0 unspecified atom stereocenters. The molecule has 3 aromatic carbocycles. The summed E-state index contributed by atoms with van der Waals surface area (Å²) in [6.45, 7) is 5.92. The van der Waals surface area contributed by atoms with E-state index in [0.29, 0.717) is 21.4 Å². The van der Waals surface area contributed by atoms with Gasteiger partial charge < -0.3 is 14.5 Å². The third-order valence-corrected chi connectivity index (χ3v) is 6.42. The Balaban J connectivity index is 1.75. The first-order valence-corrected chi connectivity index (χ1v) is 11.7. The lowest BCUT2D eigenvalue weighted by Gasteiger charge is -2.13. The third-order valence-electron chi connectivity index (χ3n) is 5.87. The zero-order chi connectivity index (χ0) is 24.4. The van der Waals surface area contributed by atoms with Gasteiger partial charge in [0, 0.05) is 44.4 Å². The summed E-state index contributed by atoms with van der Waals surface area (Å²) in [6, 6.07) is 15.2. The number of methoxy groups -OCH3 is 1. The van der Waals surface area contributed by atoms with Crippen LogP contribution in [0.5, 0.6) is 5.75 Å². The molecule has 0 aliphatic carbocycles. The van der Waals surface area contributed by atoms with Gasteiger partial charge in [0.25, 0.3) is 0 Å². The van der Waals surface area contributed by atoms with E-state index in [1.807, 2.05) is 50.2 Å². The van der Waals surface area contributed by atoms with Gasteiger partial charge in [-0.1, -0.05) is 48.3 Å². The Morgan fingerprint density at radius 2 is 1.82 bits per heavy atom. The number of nitrogens with one attached hydrogen (secondary N) is 1. The van der Waals surface area contributed by atoms with Crippen molar-refractivity contribution in [1.29, 1.82) is 0 Å². The second kappa shape index (κ2) is 9.96. The number of carbonyl (C=O) groups is 1. The Labute approximate surface area is 209 Å². The van der Waals surface area contributed by atoms with Crippen LogP contribution in [-0.2, 0) is 11.2 Å². The molecule has 1 N–H and O–H groups in total. The zero-order valence-electron chi connectivity index (χ0n) is 19.5. The van der Waals surface area contributed by atoms with E-state index in [0.717, 1.165) is 45.3 Å². The van der Waals surface area contributed by atoms with E-state index >= 15 is 0 Å². The summed E-state index contributed by atoms with van der Waals surface area (Å²) in [5.41, 5.74) is 6.74. The van der Waals surface area contributed by atoms with E-state index < -0.39 is 0 Å². The van der Waals surface area contributed by atoms with Crippen LogP contribution < -0.4 is 10.1 Å². The summed E-state index contributed by atoms with van der Waals surface area (Å²) in [7, 11) is 1.61. The highest BCUT2D eigenvalue weighted by molar-refractivity contribution is 6.36. The second-order valence-corrected chi connectivity index (χ2v) is 8.94. The molecule has 174 valence electrons. The van der Waals surface area contributed by atoms with E-state index in [9.17, 15) is 4.79 Å². The summed E-state index contributed by atoms with van der Waals surface area (Å²) in [5.74, 6) is 0.444. The molecule has 1 aromatic heterocycles. The average Bonchev–Trinajstić information content (AvgIpc) is 3.23. The largest absolute Gasteiger partial charge is 0.496 e. The van der Waals surface area contributed by atoms with Crippen LogP contribution in [0.2, 0.25) is 10.0 Å². The predicted octanol–water partition coefficient (Wildman–Crippen LogP) is 8.33. The van der Waals surface area contributed by atoms with Crippen LogP contribution in [-0.4, -0.2) is 13.0 Å². The maximum atomic E-state index is 12.7. The first-order chi connectivity index (χ1) is 16.3. The second-order valence-electron chi connectivity index (χ2n) is 8.10. The van der Waals surface area contributed by atoms with Crippen molar-refractivity contribution in [2.24, 2.45) is 0 Å². The molecular formula is C28H25Cl2NO3. The van der Waals surface area contributed by atoms with Gasteiger partial charge in [0.15, 0.2) is 0 Å². The van der Waals surface area contributed by atoms with Crippen LogP contribution in [0.25, 0.3) is 27.7 Å². The minimum Gasteiger partial charge on any atom is -0.496 e. The molecule has 0 radical (unpaired) electrons. The van der Waals surface area contributed by atoms with E-state index in [2.05, 4.69) is 12.2 Å². The van der Waals surface area contributed by atoms with E-state index in [-0.39, 0.29) is 5.91 Å². The van der Waals surface area contributed by atoms with Gasteiger partial charge in [-0.2, -0.15) is 0 Å².